The van der Waals surface area contributed by atoms with Crippen molar-refractivity contribution >= 4 is 7.82 Å². The standard InChI is InChI=1S/C9H13O4P.Ti/c1-2-12-14(10,11)13-8-9-6-4-3-5-7-9;/h3-7H,2,8H2,1H3,(H,10,11);. The van der Waals surface area contributed by atoms with E-state index in [0.717, 1.165) is 5.56 Å². The Morgan fingerprint density at radius 2 is 1.87 bits per heavy atom. The van der Waals surface area contributed by atoms with Crippen molar-refractivity contribution in [2.24, 2.45) is 0 Å². The molecule has 0 aliphatic rings. The van der Waals surface area contributed by atoms with Crippen LogP contribution in [0.15, 0.2) is 30.3 Å². The molecule has 0 bridgehead atoms. The number of phosphoric ester groups is 1. The average molecular weight is 264 g/mol. The molecule has 0 spiro atoms. The van der Waals surface area contributed by atoms with Gasteiger partial charge < -0.3 is 4.89 Å². The minimum absolute atomic E-state index is 0. The average Bonchev–Trinajstić information content (AvgIpc) is 2.17. The molecule has 0 saturated carbocycles. The third-order valence-corrected chi connectivity index (χ3v) is 2.57. The first-order valence-corrected chi connectivity index (χ1v) is 5.79. The topological polar surface area (TPSA) is 55.8 Å². The van der Waals surface area contributed by atoms with Crippen LogP contribution in [0.25, 0.3) is 0 Å². The summed E-state index contributed by atoms with van der Waals surface area (Å²) < 4.78 is 20.4. The Labute approximate surface area is 104 Å². The second-order valence-electron chi connectivity index (χ2n) is 2.65. The fraction of sp³-hybridized carbons (Fsp3) is 0.333. The first-order valence-electron chi connectivity index (χ1n) is 4.30. The number of hydrogen-bond donors (Lipinski definition) is 1. The summed E-state index contributed by atoms with van der Waals surface area (Å²) in [5.74, 6) is 0. The first-order chi connectivity index (χ1) is 6.64. The summed E-state index contributed by atoms with van der Waals surface area (Å²) in [6.45, 7) is 1.87. The van der Waals surface area contributed by atoms with Gasteiger partial charge in [0.1, 0.15) is 0 Å². The molecule has 1 N–H and O–H groups in total. The van der Waals surface area contributed by atoms with Crippen LogP contribution in [0.4, 0.5) is 0 Å². The molecule has 1 aromatic carbocycles. The van der Waals surface area contributed by atoms with Gasteiger partial charge in [-0.25, -0.2) is 4.57 Å². The van der Waals surface area contributed by atoms with E-state index in [1.807, 2.05) is 30.3 Å². The molecule has 15 heavy (non-hydrogen) atoms. The van der Waals surface area contributed by atoms with E-state index in [4.69, 9.17) is 9.42 Å². The van der Waals surface area contributed by atoms with Gasteiger partial charge in [-0.1, -0.05) is 30.3 Å². The first kappa shape index (κ1) is 15.0. The van der Waals surface area contributed by atoms with Crippen molar-refractivity contribution in [2.45, 2.75) is 13.5 Å². The molecule has 6 heteroatoms. The molecule has 0 aliphatic carbocycles. The normalized spacial score (nSPS) is 14.0. The van der Waals surface area contributed by atoms with Crippen molar-refractivity contribution < 1.29 is 40.2 Å². The number of phosphoric acid groups is 1. The minimum atomic E-state index is -3.86. The van der Waals surface area contributed by atoms with Gasteiger partial charge in [-0.3, -0.25) is 9.05 Å². The maximum absolute atomic E-state index is 11.1. The zero-order valence-electron chi connectivity index (χ0n) is 8.42. The molecule has 0 heterocycles. The zero-order chi connectivity index (χ0) is 10.4. The third-order valence-electron chi connectivity index (χ3n) is 1.53. The van der Waals surface area contributed by atoms with Crippen molar-refractivity contribution in [3.63, 3.8) is 0 Å². The smallest absolute Gasteiger partial charge is 0.302 e. The van der Waals surface area contributed by atoms with Crippen LogP contribution < -0.4 is 0 Å². The van der Waals surface area contributed by atoms with Crippen LogP contribution in [-0.4, -0.2) is 11.5 Å². The Morgan fingerprint density at radius 3 is 2.40 bits per heavy atom. The molecule has 4 nitrogen and oxygen atoms in total. The number of rotatable bonds is 5. The van der Waals surface area contributed by atoms with Crippen LogP contribution in [-0.2, 0) is 41.9 Å². The van der Waals surface area contributed by atoms with E-state index in [-0.39, 0.29) is 34.9 Å². The Morgan fingerprint density at radius 1 is 1.27 bits per heavy atom. The summed E-state index contributed by atoms with van der Waals surface area (Å²) >= 11 is 0. The van der Waals surface area contributed by atoms with Gasteiger partial charge in [0.05, 0.1) is 13.2 Å². The maximum Gasteiger partial charge on any atom is 0.472 e. The molecule has 0 saturated heterocycles. The SMILES string of the molecule is CCOP(=O)(O)OCc1ccccc1.[Ti]. The van der Waals surface area contributed by atoms with E-state index in [2.05, 4.69) is 4.52 Å². The van der Waals surface area contributed by atoms with Gasteiger partial charge in [-0.2, -0.15) is 0 Å². The van der Waals surface area contributed by atoms with E-state index < -0.39 is 7.82 Å². The Hall–Kier alpha value is 0.0443. The monoisotopic (exact) mass is 264 g/mol. The van der Waals surface area contributed by atoms with Crippen LogP contribution in [0.5, 0.6) is 0 Å². The molecule has 0 amide bonds. The maximum atomic E-state index is 11.1. The summed E-state index contributed by atoms with van der Waals surface area (Å²) in [7, 11) is -3.86. The molecule has 82 valence electrons. The fourth-order valence-electron chi connectivity index (χ4n) is 0.931. The van der Waals surface area contributed by atoms with Gasteiger partial charge in [0, 0.05) is 21.7 Å². The van der Waals surface area contributed by atoms with Crippen LogP contribution >= 0.6 is 7.82 Å². The predicted octanol–water partition coefficient (Wildman–Crippen LogP) is 2.34. The summed E-state index contributed by atoms with van der Waals surface area (Å²) in [5.41, 5.74) is 0.835. The molecule has 1 atom stereocenters. The third kappa shape index (κ3) is 6.26. The van der Waals surface area contributed by atoms with Crippen LogP contribution in [0.3, 0.4) is 0 Å². The van der Waals surface area contributed by atoms with Crippen LogP contribution in [0.1, 0.15) is 12.5 Å². The quantitative estimate of drug-likeness (QED) is 0.655. The van der Waals surface area contributed by atoms with Gasteiger partial charge in [0.25, 0.3) is 0 Å². The molecule has 1 rings (SSSR count). The van der Waals surface area contributed by atoms with Crippen molar-refractivity contribution in [3.05, 3.63) is 35.9 Å². The number of hydrogen-bond acceptors (Lipinski definition) is 3. The Bertz CT molecular complexity index is 317. The largest absolute Gasteiger partial charge is 0.472 e. The molecule has 0 aromatic heterocycles. The van der Waals surface area contributed by atoms with Gasteiger partial charge in [0.15, 0.2) is 0 Å². The van der Waals surface area contributed by atoms with Gasteiger partial charge in [0.2, 0.25) is 0 Å². The number of benzene rings is 1. The molecule has 0 fully saturated rings. The second-order valence-corrected chi connectivity index (χ2v) is 4.10. The molecular weight excluding hydrogens is 251 g/mol. The van der Waals surface area contributed by atoms with Crippen molar-refractivity contribution in [1.29, 1.82) is 0 Å². The Kier molecular flexibility index (Phi) is 7.36. The van der Waals surface area contributed by atoms with Gasteiger partial charge >= 0.3 is 7.82 Å². The summed E-state index contributed by atoms with van der Waals surface area (Å²) in [4.78, 5) is 9.09. The van der Waals surface area contributed by atoms with E-state index in [1.165, 1.54) is 0 Å². The van der Waals surface area contributed by atoms with E-state index in [0.29, 0.717) is 0 Å². The summed E-state index contributed by atoms with van der Waals surface area (Å²) in [5, 5.41) is 0. The zero-order valence-corrected chi connectivity index (χ0v) is 10.9. The van der Waals surface area contributed by atoms with Crippen molar-refractivity contribution in [2.75, 3.05) is 6.61 Å². The van der Waals surface area contributed by atoms with E-state index in [9.17, 15) is 4.57 Å². The van der Waals surface area contributed by atoms with Gasteiger partial charge in [-0.15, -0.1) is 0 Å². The molecule has 0 aliphatic heterocycles. The summed E-state index contributed by atoms with van der Waals surface area (Å²) in [6.07, 6.45) is 0. The molecule has 1 unspecified atom stereocenters. The second kappa shape index (κ2) is 7.34. The predicted molar refractivity (Wildman–Crippen MR) is 52.7 cm³/mol. The Balaban J connectivity index is 0.00000196. The van der Waals surface area contributed by atoms with Gasteiger partial charge in [-0.05, 0) is 12.5 Å². The van der Waals surface area contributed by atoms with E-state index in [1.54, 1.807) is 6.92 Å². The van der Waals surface area contributed by atoms with Crippen LogP contribution in [0, 0.1) is 0 Å². The van der Waals surface area contributed by atoms with Crippen LogP contribution in [0.2, 0.25) is 0 Å². The minimum Gasteiger partial charge on any atom is -0.302 e. The molecule has 0 radical (unpaired) electrons. The van der Waals surface area contributed by atoms with Crippen molar-refractivity contribution in [3.8, 4) is 0 Å². The molecular formula is C9H13O4PTi. The molecule has 1 aromatic rings. The summed E-state index contributed by atoms with van der Waals surface area (Å²) in [6, 6.07) is 9.16. The van der Waals surface area contributed by atoms with Crippen molar-refractivity contribution in [1.82, 2.24) is 0 Å². The fourth-order valence-corrected chi connectivity index (χ4v) is 1.64. The van der Waals surface area contributed by atoms with E-state index >= 15 is 0 Å².